The number of hydrogen-bond donors (Lipinski definition) is 0. The Morgan fingerprint density at radius 2 is 1.68 bits per heavy atom. The van der Waals surface area contributed by atoms with Gasteiger partial charge in [0.2, 0.25) is 0 Å². The van der Waals surface area contributed by atoms with Crippen LogP contribution in [0.4, 0.5) is 0 Å². The van der Waals surface area contributed by atoms with Crippen LogP contribution in [0.2, 0.25) is 0 Å². The molecule has 6 rings (SSSR count). The SMILES string of the molecule is Cc1sc2nc(-c3cc(C(C)(C)C)c4ccccc4c3)cc(-c3ccc4occ(CC(C)C)c4c3)c2c1C. The van der Waals surface area contributed by atoms with E-state index in [1.165, 1.54) is 59.8 Å². The number of thiophene rings is 1. The third-order valence-electron chi connectivity index (χ3n) is 7.70. The quantitative estimate of drug-likeness (QED) is 0.232. The molecule has 3 heteroatoms. The highest BCUT2D eigenvalue weighted by molar-refractivity contribution is 7.18. The second-order valence-electron chi connectivity index (χ2n) is 12.1. The molecular weight excluding hydrogens is 482 g/mol. The number of rotatable bonds is 4. The van der Waals surface area contributed by atoms with Crippen molar-refractivity contribution in [2.24, 2.45) is 5.92 Å². The van der Waals surface area contributed by atoms with E-state index in [1.54, 1.807) is 11.3 Å². The van der Waals surface area contributed by atoms with E-state index in [2.05, 4.69) is 109 Å². The lowest BCUT2D eigenvalue weighted by Gasteiger charge is -2.23. The lowest BCUT2D eigenvalue weighted by molar-refractivity contribution is 0.594. The Kier molecular flexibility index (Phi) is 5.96. The van der Waals surface area contributed by atoms with Crippen molar-refractivity contribution in [2.75, 3.05) is 0 Å². The highest BCUT2D eigenvalue weighted by atomic mass is 32.1. The highest BCUT2D eigenvalue weighted by Crippen LogP contribution is 2.42. The predicted octanol–water partition coefficient (Wildman–Crippen LogP) is 10.6. The van der Waals surface area contributed by atoms with Crippen molar-refractivity contribution in [1.29, 1.82) is 0 Å². The summed E-state index contributed by atoms with van der Waals surface area (Å²) in [6.07, 6.45) is 2.95. The van der Waals surface area contributed by atoms with E-state index in [4.69, 9.17) is 9.40 Å². The molecule has 6 aromatic rings. The number of aryl methyl sites for hydroxylation is 2. The molecule has 2 nitrogen and oxygen atoms in total. The Bertz CT molecular complexity index is 1830. The molecule has 0 fully saturated rings. The molecule has 0 unspecified atom stereocenters. The van der Waals surface area contributed by atoms with E-state index in [0.717, 1.165) is 22.5 Å². The second-order valence-corrected chi connectivity index (χ2v) is 13.3. The van der Waals surface area contributed by atoms with Crippen LogP contribution in [0, 0.1) is 19.8 Å². The Morgan fingerprint density at radius 1 is 0.895 bits per heavy atom. The van der Waals surface area contributed by atoms with Crippen LogP contribution in [0.5, 0.6) is 0 Å². The summed E-state index contributed by atoms with van der Waals surface area (Å²) in [5, 5.41) is 5.06. The van der Waals surface area contributed by atoms with Crippen LogP contribution in [0.25, 0.3) is 54.3 Å². The molecule has 38 heavy (non-hydrogen) atoms. The first-order valence-corrected chi connectivity index (χ1v) is 14.4. The molecule has 0 saturated heterocycles. The van der Waals surface area contributed by atoms with E-state index < -0.39 is 0 Å². The summed E-state index contributed by atoms with van der Waals surface area (Å²) >= 11 is 1.80. The van der Waals surface area contributed by atoms with Gasteiger partial charge >= 0.3 is 0 Å². The third-order valence-corrected chi connectivity index (χ3v) is 8.80. The van der Waals surface area contributed by atoms with Crippen LogP contribution < -0.4 is 0 Å². The van der Waals surface area contributed by atoms with E-state index in [-0.39, 0.29) is 5.41 Å². The van der Waals surface area contributed by atoms with Gasteiger partial charge in [-0.1, -0.05) is 65.0 Å². The molecule has 0 saturated carbocycles. The maximum absolute atomic E-state index is 5.92. The molecule has 3 aromatic carbocycles. The average Bonchev–Trinajstić information content (AvgIpc) is 3.41. The van der Waals surface area contributed by atoms with E-state index in [0.29, 0.717) is 5.92 Å². The molecule has 0 N–H and O–H groups in total. The van der Waals surface area contributed by atoms with Gasteiger partial charge in [0, 0.05) is 21.2 Å². The molecule has 0 aliphatic carbocycles. The van der Waals surface area contributed by atoms with Crippen molar-refractivity contribution in [3.8, 4) is 22.4 Å². The van der Waals surface area contributed by atoms with Crippen LogP contribution in [0.15, 0.2) is 71.3 Å². The molecule has 3 aromatic heterocycles. The Hall–Kier alpha value is -3.43. The number of pyridine rings is 1. The summed E-state index contributed by atoms with van der Waals surface area (Å²) in [6, 6.07) is 22.3. The molecule has 0 atom stereocenters. The van der Waals surface area contributed by atoms with Gasteiger partial charge in [-0.3, -0.25) is 0 Å². The molecule has 0 radical (unpaired) electrons. The molecule has 192 valence electrons. The molecule has 0 spiro atoms. The first kappa shape index (κ1) is 24.9. The minimum atomic E-state index is 0.0256. The van der Waals surface area contributed by atoms with Crippen LogP contribution >= 0.6 is 11.3 Å². The lowest BCUT2D eigenvalue weighted by Crippen LogP contribution is -2.12. The Labute approximate surface area is 229 Å². The highest BCUT2D eigenvalue weighted by Gasteiger charge is 2.21. The summed E-state index contributed by atoms with van der Waals surface area (Å²) in [6.45, 7) is 15.8. The largest absolute Gasteiger partial charge is 0.464 e. The Morgan fingerprint density at radius 3 is 2.45 bits per heavy atom. The van der Waals surface area contributed by atoms with Gasteiger partial charge in [0.1, 0.15) is 10.4 Å². The molecule has 0 bridgehead atoms. The van der Waals surface area contributed by atoms with E-state index in [9.17, 15) is 0 Å². The van der Waals surface area contributed by atoms with Crippen LogP contribution in [0.3, 0.4) is 0 Å². The fourth-order valence-electron chi connectivity index (χ4n) is 5.66. The number of nitrogens with zero attached hydrogens (tertiary/aromatic N) is 1. The van der Waals surface area contributed by atoms with Gasteiger partial charge in [0.25, 0.3) is 0 Å². The van der Waals surface area contributed by atoms with Gasteiger partial charge in [0.15, 0.2) is 0 Å². The number of aromatic nitrogens is 1. The zero-order valence-corrected chi connectivity index (χ0v) is 24.2. The minimum absolute atomic E-state index is 0.0256. The zero-order chi connectivity index (χ0) is 26.8. The monoisotopic (exact) mass is 517 g/mol. The zero-order valence-electron chi connectivity index (χ0n) is 23.4. The maximum Gasteiger partial charge on any atom is 0.134 e. The molecule has 0 aliphatic heterocycles. The van der Waals surface area contributed by atoms with Gasteiger partial charge < -0.3 is 4.42 Å². The van der Waals surface area contributed by atoms with Gasteiger partial charge in [0.05, 0.1) is 12.0 Å². The van der Waals surface area contributed by atoms with Crippen molar-refractivity contribution < 1.29 is 4.42 Å². The van der Waals surface area contributed by atoms with E-state index in [1.807, 2.05) is 6.26 Å². The van der Waals surface area contributed by atoms with Crippen molar-refractivity contribution in [1.82, 2.24) is 4.98 Å². The summed E-state index contributed by atoms with van der Waals surface area (Å²) < 4.78 is 5.92. The molecule has 0 amide bonds. The fourth-order valence-corrected chi connectivity index (χ4v) is 6.71. The normalized spacial score (nSPS) is 12.4. The summed E-state index contributed by atoms with van der Waals surface area (Å²) in [5.74, 6) is 0.574. The standard InChI is InChI=1S/C35H35NOS/c1-20(2)14-26-19-37-32-13-12-24(16-28(26)32)29-18-31(36-34-33(29)21(3)22(4)38-34)25-15-23-10-8-9-11-27(23)30(17-25)35(5,6)7/h8-13,15-20H,14H2,1-7H3. The smallest absolute Gasteiger partial charge is 0.134 e. The predicted molar refractivity (Wildman–Crippen MR) is 164 cm³/mol. The number of hydrogen-bond acceptors (Lipinski definition) is 3. The van der Waals surface area contributed by atoms with Crippen LogP contribution in [-0.4, -0.2) is 4.98 Å². The first-order valence-electron chi connectivity index (χ1n) is 13.5. The first-order chi connectivity index (χ1) is 18.1. The number of furan rings is 1. The molecule has 3 heterocycles. The van der Waals surface area contributed by atoms with Gasteiger partial charge in [-0.25, -0.2) is 4.98 Å². The summed E-state index contributed by atoms with van der Waals surface area (Å²) in [5.41, 5.74) is 9.60. The third kappa shape index (κ3) is 4.23. The summed E-state index contributed by atoms with van der Waals surface area (Å²) in [4.78, 5) is 7.68. The Balaban J connectivity index is 1.62. The van der Waals surface area contributed by atoms with E-state index >= 15 is 0 Å². The number of benzene rings is 3. The van der Waals surface area contributed by atoms with Crippen molar-refractivity contribution in [2.45, 2.75) is 60.3 Å². The molecule has 0 aliphatic rings. The maximum atomic E-state index is 5.92. The van der Waals surface area contributed by atoms with Crippen molar-refractivity contribution >= 4 is 43.3 Å². The average molecular weight is 518 g/mol. The number of fused-ring (bicyclic) bond motifs is 3. The molecular formula is C35H35NOS. The topological polar surface area (TPSA) is 26.0 Å². The van der Waals surface area contributed by atoms with Gasteiger partial charge in [-0.05, 0) is 101 Å². The van der Waals surface area contributed by atoms with Crippen molar-refractivity contribution in [3.05, 3.63) is 88.5 Å². The van der Waals surface area contributed by atoms with Crippen molar-refractivity contribution in [3.63, 3.8) is 0 Å². The van der Waals surface area contributed by atoms with Crippen LogP contribution in [-0.2, 0) is 11.8 Å². The van der Waals surface area contributed by atoms with Crippen LogP contribution in [0.1, 0.15) is 56.2 Å². The minimum Gasteiger partial charge on any atom is -0.464 e. The summed E-state index contributed by atoms with van der Waals surface area (Å²) in [7, 11) is 0. The van der Waals surface area contributed by atoms with Gasteiger partial charge in [-0.15, -0.1) is 11.3 Å². The fraction of sp³-hybridized carbons (Fsp3) is 0.286. The lowest BCUT2D eigenvalue weighted by atomic mass is 9.82. The second kappa shape index (κ2) is 9.10. The van der Waals surface area contributed by atoms with Gasteiger partial charge in [-0.2, -0.15) is 0 Å².